The van der Waals surface area contributed by atoms with Gasteiger partial charge in [-0.25, -0.2) is 0 Å². The fraction of sp³-hybridized carbons (Fsp3) is 0.944. The van der Waals surface area contributed by atoms with Crippen molar-refractivity contribution in [3.63, 3.8) is 0 Å². The molecule has 24 heavy (non-hydrogen) atoms. The van der Waals surface area contributed by atoms with Crippen molar-refractivity contribution in [3.05, 3.63) is 0 Å². The molecular weight excluding hydrogens is 320 g/mol. The first-order valence-electron chi connectivity index (χ1n) is 9.65. The van der Waals surface area contributed by atoms with Crippen molar-refractivity contribution >= 4 is 17.7 Å². The standard InChI is InChI=1S/C18H36N4OS/c1-3-19-17(20-10-7-15-24-2)21-16-18(8-5-4-6-9-18)22-11-13-23-14-12-22/h3-16H2,1-2H3,(H2,19,20,21). The average Bonchev–Trinajstić information content (AvgIpc) is 2.64. The molecule has 0 amide bonds. The summed E-state index contributed by atoms with van der Waals surface area (Å²) in [5.74, 6) is 2.18. The van der Waals surface area contributed by atoms with Gasteiger partial charge < -0.3 is 15.4 Å². The first-order valence-corrected chi connectivity index (χ1v) is 11.0. The summed E-state index contributed by atoms with van der Waals surface area (Å²) < 4.78 is 5.57. The largest absolute Gasteiger partial charge is 0.379 e. The number of morpholine rings is 1. The number of guanidine groups is 1. The first kappa shape index (κ1) is 19.9. The van der Waals surface area contributed by atoms with Gasteiger partial charge in [0.05, 0.1) is 19.8 Å². The van der Waals surface area contributed by atoms with Gasteiger partial charge in [0.25, 0.3) is 0 Å². The van der Waals surface area contributed by atoms with Crippen LogP contribution in [-0.2, 0) is 4.74 Å². The Bertz CT molecular complexity index is 366. The van der Waals surface area contributed by atoms with Crippen LogP contribution in [0.1, 0.15) is 45.4 Å². The van der Waals surface area contributed by atoms with Crippen LogP contribution in [0.15, 0.2) is 4.99 Å². The van der Waals surface area contributed by atoms with Crippen molar-refractivity contribution in [2.45, 2.75) is 51.0 Å². The molecular formula is C18H36N4OS. The maximum Gasteiger partial charge on any atom is 0.191 e. The quantitative estimate of drug-likeness (QED) is 0.397. The fourth-order valence-corrected chi connectivity index (χ4v) is 4.25. The summed E-state index contributed by atoms with van der Waals surface area (Å²) in [4.78, 5) is 7.65. The van der Waals surface area contributed by atoms with Crippen LogP contribution in [0.4, 0.5) is 0 Å². The van der Waals surface area contributed by atoms with Crippen LogP contribution < -0.4 is 10.6 Å². The Morgan fingerprint density at radius 1 is 1.17 bits per heavy atom. The fourth-order valence-electron chi connectivity index (χ4n) is 3.81. The summed E-state index contributed by atoms with van der Waals surface area (Å²) in [6.07, 6.45) is 9.96. The number of aliphatic imine (C=N–C) groups is 1. The van der Waals surface area contributed by atoms with Crippen LogP contribution in [-0.4, -0.2) is 74.3 Å². The minimum atomic E-state index is 0.254. The molecule has 5 nitrogen and oxygen atoms in total. The Kier molecular flexibility index (Phi) is 9.28. The maximum absolute atomic E-state index is 5.57. The lowest BCUT2D eigenvalue weighted by Gasteiger charge is -2.47. The topological polar surface area (TPSA) is 48.9 Å². The molecule has 2 fully saturated rings. The minimum Gasteiger partial charge on any atom is -0.379 e. The molecule has 0 aromatic rings. The highest BCUT2D eigenvalue weighted by Crippen LogP contribution is 2.34. The van der Waals surface area contributed by atoms with E-state index in [0.717, 1.165) is 51.9 Å². The lowest BCUT2D eigenvalue weighted by atomic mass is 9.80. The third kappa shape index (κ3) is 6.12. The number of rotatable bonds is 8. The van der Waals surface area contributed by atoms with Crippen molar-refractivity contribution in [1.82, 2.24) is 15.5 Å². The van der Waals surface area contributed by atoms with Crippen molar-refractivity contribution in [2.24, 2.45) is 4.99 Å². The molecule has 2 rings (SSSR count). The van der Waals surface area contributed by atoms with Gasteiger partial charge in [-0.05, 0) is 38.2 Å². The van der Waals surface area contributed by atoms with E-state index in [2.05, 4.69) is 28.7 Å². The molecule has 0 aromatic carbocycles. The second-order valence-corrected chi connectivity index (χ2v) is 7.84. The Morgan fingerprint density at radius 3 is 2.58 bits per heavy atom. The van der Waals surface area contributed by atoms with Gasteiger partial charge in [0, 0.05) is 31.7 Å². The third-order valence-corrected chi connectivity index (χ3v) is 5.86. The van der Waals surface area contributed by atoms with E-state index in [1.807, 2.05) is 11.8 Å². The van der Waals surface area contributed by atoms with Gasteiger partial charge in [-0.2, -0.15) is 11.8 Å². The molecule has 1 heterocycles. The monoisotopic (exact) mass is 356 g/mol. The van der Waals surface area contributed by atoms with Gasteiger partial charge in [-0.15, -0.1) is 0 Å². The van der Waals surface area contributed by atoms with Gasteiger partial charge >= 0.3 is 0 Å². The summed E-state index contributed by atoms with van der Waals surface area (Å²) in [7, 11) is 0. The van der Waals surface area contributed by atoms with Crippen LogP contribution in [0.3, 0.4) is 0 Å². The molecule has 140 valence electrons. The number of thioether (sulfide) groups is 1. The molecule has 1 saturated carbocycles. The zero-order chi connectivity index (χ0) is 17.1. The van der Waals surface area contributed by atoms with Crippen molar-refractivity contribution in [3.8, 4) is 0 Å². The Hall–Kier alpha value is -0.460. The lowest BCUT2D eigenvalue weighted by Crippen LogP contribution is -2.56. The molecule has 0 spiro atoms. The Balaban J connectivity index is 1.97. The molecule has 6 heteroatoms. The number of hydrogen-bond donors (Lipinski definition) is 2. The van der Waals surface area contributed by atoms with E-state index >= 15 is 0 Å². The first-order chi connectivity index (χ1) is 11.8. The minimum absolute atomic E-state index is 0.254. The predicted molar refractivity (Wildman–Crippen MR) is 105 cm³/mol. The summed E-state index contributed by atoms with van der Waals surface area (Å²) in [6, 6.07) is 0. The molecule has 1 saturated heterocycles. The average molecular weight is 357 g/mol. The predicted octanol–water partition coefficient (Wildman–Crippen LogP) is 2.33. The Labute approximate surface area is 152 Å². The normalized spacial score (nSPS) is 22.3. The van der Waals surface area contributed by atoms with Crippen molar-refractivity contribution < 1.29 is 4.74 Å². The van der Waals surface area contributed by atoms with Gasteiger partial charge in [0.15, 0.2) is 5.96 Å². The zero-order valence-corrected chi connectivity index (χ0v) is 16.4. The molecule has 0 bridgehead atoms. The molecule has 0 radical (unpaired) electrons. The van der Waals surface area contributed by atoms with Gasteiger partial charge in [-0.1, -0.05) is 19.3 Å². The molecule has 0 atom stereocenters. The molecule has 1 aliphatic carbocycles. The van der Waals surface area contributed by atoms with Crippen molar-refractivity contribution in [2.75, 3.05) is 57.9 Å². The SMILES string of the molecule is CCNC(=NCC1(N2CCOCC2)CCCCC1)NCCCSC. The van der Waals surface area contributed by atoms with E-state index < -0.39 is 0 Å². The number of ether oxygens (including phenoxy) is 1. The molecule has 0 unspecified atom stereocenters. The second-order valence-electron chi connectivity index (χ2n) is 6.85. The van der Waals surface area contributed by atoms with Gasteiger partial charge in [0.1, 0.15) is 0 Å². The number of hydrogen-bond acceptors (Lipinski definition) is 4. The number of nitrogens with zero attached hydrogens (tertiary/aromatic N) is 2. The highest BCUT2D eigenvalue weighted by molar-refractivity contribution is 7.98. The van der Waals surface area contributed by atoms with Crippen molar-refractivity contribution in [1.29, 1.82) is 0 Å². The van der Waals surface area contributed by atoms with Crippen LogP contribution in [0.25, 0.3) is 0 Å². The molecule has 2 N–H and O–H groups in total. The molecule has 2 aliphatic rings. The number of nitrogens with one attached hydrogen (secondary N) is 2. The highest BCUT2D eigenvalue weighted by Gasteiger charge is 2.38. The van der Waals surface area contributed by atoms with E-state index in [-0.39, 0.29) is 5.54 Å². The molecule has 0 aromatic heterocycles. The summed E-state index contributed by atoms with van der Waals surface area (Å²) >= 11 is 1.90. The smallest absolute Gasteiger partial charge is 0.191 e. The van der Waals surface area contributed by atoms with Crippen LogP contribution >= 0.6 is 11.8 Å². The Morgan fingerprint density at radius 2 is 1.92 bits per heavy atom. The maximum atomic E-state index is 5.57. The second kappa shape index (κ2) is 11.2. The van der Waals surface area contributed by atoms with E-state index in [1.165, 1.54) is 44.3 Å². The summed E-state index contributed by atoms with van der Waals surface area (Å²) in [6.45, 7) is 8.83. The third-order valence-electron chi connectivity index (χ3n) is 5.16. The van der Waals surface area contributed by atoms with Crippen LogP contribution in [0.2, 0.25) is 0 Å². The summed E-state index contributed by atoms with van der Waals surface area (Å²) in [5.41, 5.74) is 0.254. The van der Waals surface area contributed by atoms with E-state index in [9.17, 15) is 0 Å². The van der Waals surface area contributed by atoms with E-state index in [0.29, 0.717) is 0 Å². The van der Waals surface area contributed by atoms with E-state index in [4.69, 9.17) is 9.73 Å². The van der Waals surface area contributed by atoms with Crippen LogP contribution in [0.5, 0.6) is 0 Å². The highest BCUT2D eigenvalue weighted by atomic mass is 32.2. The van der Waals surface area contributed by atoms with Crippen LogP contribution in [0, 0.1) is 0 Å². The van der Waals surface area contributed by atoms with Gasteiger partial charge in [0.2, 0.25) is 0 Å². The van der Waals surface area contributed by atoms with E-state index in [1.54, 1.807) is 0 Å². The summed E-state index contributed by atoms with van der Waals surface area (Å²) in [5, 5.41) is 6.91. The zero-order valence-electron chi connectivity index (χ0n) is 15.6. The lowest BCUT2D eigenvalue weighted by molar-refractivity contribution is -0.0333. The molecule has 1 aliphatic heterocycles. The van der Waals surface area contributed by atoms with Gasteiger partial charge in [-0.3, -0.25) is 9.89 Å².